The van der Waals surface area contributed by atoms with E-state index in [1.807, 2.05) is 54.5 Å². The molecule has 1 aliphatic rings. The lowest BCUT2D eigenvalue weighted by atomic mass is 10.0. The van der Waals surface area contributed by atoms with Gasteiger partial charge in [0, 0.05) is 31.8 Å². The minimum Gasteiger partial charge on any atom is -0.341 e. The zero-order valence-corrected chi connectivity index (χ0v) is 12.9. The van der Waals surface area contributed by atoms with Crippen molar-refractivity contribution in [3.63, 3.8) is 0 Å². The molecule has 1 aromatic carbocycles. The molecule has 4 heteroatoms. The summed E-state index contributed by atoms with van der Waals surface area (Å²) >= 11 is 0. The topological polar surface area (TPSA) is 38.1 Å². The van der Waals surface area contributed by atoms with Crippen molar-refractivity contribution in [1.29, 1.82) is 0 Å². The van der Waals surface area contributed by atoms with Crippen molar-refractivity contribution in [1.82, 2.24) is 14.7 Å². The lowest BCUT2D eigenvalue weighted by molar-refractivity contribution is -0.131. The normalized spacial score (nSPS) is 16.9. The predicted octanol–water partition coefficient (Wildman–Crippen LogP) is 3.19. The Morgan fingerprint density at radius 2 is 2.18 bits per heavy atom. The number of hydrogen-bond donors (Lipinski definition) is 0. The van der Waals surface area contributed by atoms with E-state index in [9.17, 15) is 4.79 Å². The maximum Gasteiger partial charge on any atom is 0.223 e. The van der Waals surface area contributed by atoms with Crippen LogP contribution in [0.2, 0.25) is 0 Å². The van der Waals surface area contributed by atoms with Gasteiger partial charge in [-0.25, -0.2) is 4.68 Å². The van der Waals surface area contributed by atoms with Crippen LogP contribution in [0, 0.1) is 5.92 Å². The van der Waals surface area contributed by atoms with Gasteiger partial charge in [0.25, 0.3) is 0 Å². The number of aromatic nitrogens is 2. The predicted molar refractivity (Wildman–Crippen MR) is 86.5 cm³/mol. The number of allylic oxidation sites excluding steroid dienone is 2. The quantitative estimate of drug-likeness (QED) is 0.795. The maximum atomic E-state index is 12.2. The third-order valence-corrected chi connectivity index (χ3v) is 4.05. The fourth-order valence-electron chi connectivity index (χ4n) is 2.77. The fraction of sp³-hybridized carbons (Fsp3) is 0.333. The molecule has 0 saturated heterocycles. The van der Waals surface area contributed by atoms with Crippen LogP contribution >= 0.6 is 0 Å². The Bertz CT molecular complexity index is 660. The smallest absolute Gasteiger partial charge is 0.223 e. The molecule has 1 atom stereocenters. The molecule has 1 unspecified atom stereocenters. The average molecular weight is 295 g/mol. The van der Waals surface area contributed by atoms with E-state index in [-0.39, 0.29) is 5.91 Å². The largest absolute Gasteiger partial charge is 0.341 e. The van der Waals surface area contributed by atoms with Crippen molar-refractivity contribution >= 4 is 5.91 Å². The summed E-state index contributed by atoms with van der Waals surface area (Å²) in [4.78, 5) is 14.0. The van der Waals surface area contributed by atoms with Crippen LogP contribution in [0.15, 0.2) is 54.9 Å². The van der Waals surface area contributed by atoms with E-state index in [0.29, 0.717) is 18.9 Å². The Hall–Kier alpha value is -2.36. The Kier molecular flexibility index (Phi) is 4.37. The molecule has 1 amide bonds. The van der Waals surface area contributed by atoms with Crippen LogP contribution in [0.3, 0.4) is 0 Å². The van der Waals surface area contributed by atoms with E-state index in [0.717, 1.165) is 24.1 Å². The Morgan fingerprint density at radius 1 is 1.36 bits per heavy atom. The number of carbonyl (C=O) groups excluding carboxylic acids is 1. The fourth-order valence-corrected chi connectivity index (χ4v) is 2.77. The maximum absolute atomic E-state index is 12.2. The third-order valence-electron chi connectivity index (χ3n) is 4.05. The van der Waals surface area contributed by atoms with Gasteiger partial charge in [0.1, 0.15) is 0 Å². The molecule has 114 valence electrons. The van der Waals surface area contributed by atoms with Crippen molar-refractivity contribution in [3.05, 3.63) is 60.4 Å². The summed E-state index contributed by atoms with van der Waals surface area (Å²) < 4.78 is 1.84. The van der Waals surface area contributed by atoms with Crippen molar-refractivity contribution in [2.45, 2.75) is 25.8 Å². The van der Waals surface area contributed by atoms with Crippen molar-refractivity contribution < 1.29 is 4.79 Å². The molecule has 0 aliphatic heterocycles. The van der Waals surface area contributed by atoms with Crippen molar-refractivity contribution in [3.8, 4) is 5.69 Å². The van der Waals surface area contributed by atoms with E-state index in [2.05, 4.69) is 17.3 Å². The van der Waals surface area contributed by atoms with E-state index in [1.165, 1.54) is 0 Å². The second-order valence-corrected chi connectivity index (χ2v) is 5.85. The van der Waals surface area contributed by atoms with Crippen LogP contribution < -0.4 is 0 Å². The van der Waals surface area contributed by atoms with Crippen LogP contribution in [-0.4, -0.2) is 27.6 Å². The van der Waals surface area contributed by atoms with E-state index >= 15 is 0 Å². The Morgan fingerprint density at radius 3 is 2.91 bits per heavy atom. The molecular formula is C18H21N3O. The van der Waals surface area contributed by atoms with Crippen LogP contribution in [0.4, 0.5) is 0 Å². The van der Waals surface area contributed by atoms with Crippen LogP contribution in [0.25, 0.3) is 5.69 Å². The molecule has 0 saturated carbocycles. The number of hydrogen-bond acceptors (Lipinski definition) is 2. The van der Waals surface area contributed by atoms with Crippen molar-refractivity contribution in [2.75, 3.05) is 7.05 Å². The Balaban J connectivity index is 1.59. The molecule has 4 nitrogen and oxygen atoms in total. The van der Waals surface area contributed by atoms with Gasteiger partial charge in [-0.2, -0.15) is 5.10 Å². The van der Waals surface area contributed by atoms with Gasteiger partial charge in [0.2, 0.25) is 5.91 Å². The van der Waals surface area contributed by atoms with Gasteiger partial charge in [0.05, 0.1) is 11.9 Å². The first-order chi connectivity index (χ1) is 10.7. The number of para-hydroxylation sites is 1. The number of rotatable bonds is 5. The SMILES string of the molecule is CN(Cc1cnn(-c2ccccc2)c1)C(=O)CC1C=CCC1. The Labute approximate surface area is 131 Å². The van der Waals surface area contributed by atoms with Crippen LogP contribution in [-0.2, 0) is 11.3 Å². The van der Waals surface area contributed by atoms with Gasteiger partial charge in [-0.15, -0.1) is 0 Å². The summed E-state index contributed by atoms with van der Waals surface area (Å²) in [7, 11) is 1.86. The summed E-state index contributed by atoms with van der Waals surface area (Å²) in [6.45, 7) is 0.599. The van der Waals surface area contributed by atoms with Crippen molar-refractivity contribution in [2.24, 2.45) is 5.92 Å². The van der Waals surface area contributed by atoms with Gasteiger partial charge >= 0.3 is 0 Å². The highest BCUT2D eigenvalue weighted by Gasteiger charge is 2.17. The number of nitrogens with zero attached hydrogens (tertiary/aromatic N) is 3. The molecule has 1 heterocycles. The first kappa shape index (κ1) is 14.6. The number of amides is 1. The number of benzene rings is 1. The monoisotopic (exact) mass is 295 g/mol. The molecule has 0 fully saturated rings. The minimum atomic E-state index is 0.198. The number of carbonyl (C=O) groups is 1. The van der Waals surface area contributed by atoms with Gasteiger partial charge in [-0.3, -0.25) is 4.79 Å². The zero-order valence-electron chi connectivity index (χ0n) is 12.9. The molecule has 3 rings (SSSR count). The molecule has 0 bridgehead atoms. The second kappa shape index (κ2) is 6.60. The summed E-state index contributed by atoms with van der Waals surface area (Å²) in [5.41, 5.74) is 2.07. The van der Waals surface area contributed by atoms with Gasteiger partial charge in [-0.05, 0) is 30.9 Å². The first-order valence-corrected chi connectivity index (χ1v) is 7.72. The third kappa shape index (κ3) is 3.45. The van der Waals surface area contributed by atoms with Crippen LogP contribution in [0.1, 0.15) is 24.8 Å². The van der Waals surface area contributed by atoms with Gasteiger partial charge < -0.3 is 4.90 Å². The molecule has 2 aromatic rings. The van der Waals surface area contributed by atoms with E-state index in [1.54, 1.807) is 4.90 Å². The van der Waals surface area contributed by atoms with E-state index < -0.39 is 0 Å². The summed E-state index contributed by atoms with van der Waals surface area (Å²) in [5.74, 6) is 0.617. The van der Waals surface area contributed by atoms with Gasteiger partial charge in [0.15, 0.2) is 0 Å². The lowest BCUT2D eigenvalue weighted by Crippen LogP contribution is -2.27. The summed E-state index contributed by atoms with van der Waals surface area (Å²) in [6.07, 6.45) is 11.0. The zero-order chi connectivity index (χ0) is 15.4. The molecule has 1 aromatic heterocycles. The summed E-state index contributed by atoms with van der Waals surface area (Å²) in [6, 6.07) is 9.98. The van der Waals surface area contributed by atoms with Gasteiger partial charge in [-0.1, -0.05) is 30.4 Å². The highest BCUT2D eigenvalue weighted by molar-refractivity contribution is 5.76. The van der Waals surface area contributed by atoms with E-state index in [4.69, 9.17) is 0 Å². The molecule has 0 spiro atoms. The molecule has 1 aliphatic carbocycles. The molecule has 0 N–H and O–H groups in total. The standard InChI is InChI=1S/C18H21N3O/c1-20(18(22)11-15-7-5-6-8-15)13-16-12-19-21(14-16)17-9-3-2-4-10-17/h2-5,7,9-10,12,14-15H,6,8,11,13H2,1H3. The molecule has 0 radical (unpaired) electrons. The second-order valence-electron chi connectivity index (χ2n) is 5.85. The highest BCUT2D eigenvalue weighted by Crippen LogP contribution is 2.21. The highest BCUT2D eigenvalue weighted by atomic mass is 16.2. The minimum absolute atomic E-state index is 0.198. The van der Waals surface area contributed by atoms with Crippen LogP contribution in [0.5, 0.6) is 0 Å². The lowest BCUT2D eigenvalue weighted by Gasteiger charge is -2.18. The average Bonchev–Trinajstić information content (AvgIpc) is 3.20. The first-order valence-electron chi connectivity index (χ1n) is 7.72. The summed E-state index contributed by atoms with van der Waals surface area (Å²) in [5, 5.41) is 4.37. The molecular weight excluding hydrogens is 274 g/mol. The molecule has 22 heavy (non-hydrogen) atoms.